The molecule has 1 aliphatic heterocycles. The number of pyridine rings is 1. The molecule has 7 heteroatoms. The number of anilines is 1. The first kappa shape index (κ1) is 19.7. The van der Waals surface area contributed by atoms with Gasteiger partial charge in [-0.3, -0.25) is 14.3 Å². The average Bonchev–Trinajstić information content (AvgIpc) is 3.24. The molecule has 158 valence electrons. The molecule has 1 aliphatic rings. The molecule has 0 atom stereocenters. The van der Waals surface area contributed by atoms with Crippen molar-refractivity contribution in [3.05, 3.63) is 66.7 Å². The monoisotopic (exact) mass is 414 g/mol. The molecule has 5 rings (SSSR count). The smallest absolute Gasteiger partial charge is 0.155 e. The van der Waals surface area contributed by atoms with E-state index in [4.69, 9.17) is 4.74 Å². The standard InChI is InChI=1S/C24H26N6O/c1-18-2-4-19(5-3-18)22-15-28-24-16-26-21(17-30(22)24)20-6-7-23(27-14-20)25-8-9-29-10-12-31-13-11-29/h2-7,14-17H,8-13H2,1H3,(H,25,27). The van der Waals surface area contributed by atoms with Gasteiger partial charge >= 0.3 is 0 Å². The number of imidazole rings is 1. The molecule has 3 aromatic heterocycles. The van der Waals surface area contributed by atoms with Crippen LogP contribution in [-0.4, -0.2) is 63.6 Å². The molecule has 1 fully saturated rings. The summed E-state index contributed by atoms with van der Waals surface area (Å²) in [6.45, 7) is 7.61. The molecule has 0 spiro atoms. The third kappa shape index (κ3) is 4.42. The van der Waals surface area contributed by atoms with Crippen molar-refractivity contribution in [3.63, 3.8) is 0 Å². The lowest BCUT2D eigenvalue weighted by atomic mass is 10.1. The maximum atomic E-state index is 5.39. The third-order valence-corrected chi connectivity index (χ3v) is 5.64. The number of nitrogens with one attached hydrogen (secondary N) is 1. The van der Waals surface area contributed by atoms with Crippen LogP contribution in [0.5, 0.6) is 0 Å². The van der Waals surface area contributed by atoms with Crippen molar-refractivity contribution in [1.29, 1.82) is 0 Å². The van der Waals surface area contributed by atoms with Crippen molar-refractivity contribution in [1.82, 2.24) is 24.3 Å². The molecule has 4 aromatic rings. The highest BCUT2D eigenvalue weighted by molar-refractivity contribution is 5.66. The van der Waals surface area contributed by atoms with Crippen molar-refractivity contribution in [2.24, 2.45) is 0 Å². The maximum Gasteiger partial charge on any atom is 0.155 e. The predicted octanol–water partition coefficient (Wildman–Crippen LogP) is 3.51. The van der Waals surface area contributed by atoms with Crippen molar-refractivity contribution in [2.45, 2.75) is 6.92 Å². The molecule has 1 aromatic carbocycles. The van der Waals surface area contributed by atoms with Crippen LogP contribution in [0.4, 0.5) is 5.82 Å². The van der Waals surface area contributed by atoms with E-state index >= 15 is 0 Å². The molecule has 0 amide bonds. The van der Waals surface area contributed by atoms with Gasteiger partial charge in [-0.2, -0.15) is 0 Å². The van der Waals surface area contributed by atoms with Crippen molar-refractivity contribution >= 4 is 11.5 Å². The Kier molecular flexibility index (Phi) is 5.60. The van der Waals surface area contributed by atoms with E-state index in [0.29, 0.717) is 0 Å². The molecular formula is C24H26N6O. The second-order valence-electron chi connectivity index (χ2n) is 7.82. The lowest BCUT2D eigenvalue weighted by molar-refractivity contribution is 0.0398. The minimum atomic E-state index is 0.826. The average molecular weight is 415 g/mol. The second kappa shape index (κ2) is 8.83. The number of hydrogen-bond acceptors (Lipinski definition) is 6. The van der Waals surface area contributed by atoms with Gasteiger partial charge in [0.15, 0.2) is 5.65 Å². The fourth-order valence-electron chi connectivity index (χ4n) is 3.79. The van der Waals surface area contributed by atoms with Gasteiger partial charge in [-0.25, -0.2) is 9.97 Å². The minimum Gasteiger partial charge on any atom is -0.379 e. The van der Waals surface area contributed by atoms with Crippen LogP contribution >= 0.6 is 0 Å². The number of aromatic nitrogens is 4. The summed E-state index contributed by atoms with van der Waals surface area (Å²) < 4.78 is 7.48. The Labute approximate surface area is 181 Å². The molecule has 7 nitrogen and oxygen atoms in total. The van der Waals surface area contributed by atoms with Gasteiger partial charge in [-0.1, -0.05) is 29.8 Å². The van der Waals surface area contributed by atoms with E-state index < -0.39 is 0 Å². The second-order valence-corrected chi connectivity index (χ2v) is 7.82. The summed E-state index contributed by atoms with van der Waals surface area (Å²) in [5, 5.41) is 3.40. The zero-order valence-electron chi connectivity index (χ0n) is 17.7. The van der Waals surface area contributed by atoms with Gasteiger partial charge in [-0.05, 0) is 19.1 Å². The lowest BCUT2D eigenvalue weighted by Gasteiger charge is -2.26. The van der Waals surface area contributed by atoms with E-state index in [1.165, 1.54) is 5.56 Å². The van der Waals surface area contributed by atoms with Gasteiger partial charge in [0.05, 0.1) is 37.0 Å². The van der Waals surface area contributed by atoms with Crippen LogP contribution in [0.2, 0.25) is 0 Å². The number of hydrogen-bond donors (Lipinski definition) is 1. The van der Waals surface area contributed by atoms with Crippen molar-refractivity contribution in [2.75, 3.05) is 44.7 Å². The normalized spacial score (nSPS) is 14.7. The SMILES string of the molecule is Cc1ccc(-c2cnc3cnc(-c4ccc(NCCN5CCOCC5)nc4)cn23)cc1. The van der Waals surface area contributed by atoms with Gasteiger partial charge < -0.3 is 10.1 Å². The van der Waals surface area contributed by atoms with Crippen molar-refractivity contribution < 1.29 is 4.74 Å². The Balaban J connectivity index is 1.31. The molecule has 1 N–H and O–H groups in total. The zero-order chi connectivity index (χ0) is 21.0. The number of aryl methyl sites for hydroxylation is 1. The number of benzene rings is 1. The van der Waals surface area contributed by atoms with Gasteiger partial charge in [0, 0.05) is 49.7 Å². The van der Waals surface area contributed by atoms with Crippen LogP contribution in [0.1, 0.15) is 5.56 Å². The summed E-state index contributed by atoms with van der Waals surface area (Å²) in [5.74, 6) is 0.876. The molecule has 0 unspecified atom stereocenters. The molecule has 1 saturated heterocycles. The molecule has 31 heavy (non-hydrogen) atoms. The topological polar surface area (TPSA) is 67.6 Å². The number of ether oxygens (including phenoxy) is 1. The molecule has 4 heterocycles. The third-order valence-electron chi connectivity index (χ3n) is 5.64. The fourth-order valence-corrected chi connectivity index (χ4v) is 3.79. The number of nitrogens with zero attached hydrogens (tertiary/aromatic N) is 5. The Morgan fingerprint density at radius 3 is 2.48 bits per heavy atom. The quantitative estimate of drug-likeness (QED) is 0.521. The number of fused-ring (bicyclic) bond motifs is 1. The highest BCUT2D eigenvalue weighted by atomic mass is 16.5. The van der Waals surface area contributed by atoms with E-state index in [-0.39, 0.29) is 0 Å². The molecule has 0 radical (unpaired) electrons. The Hall–Kier alpha value is -3.29. The van der Waals surface area contributed by atoms with E-state index in [2.05, 4.69) is 66.8 Å². The largest absolute Gasteiger partial charge is 0.379 e. The van der Waals surface area contributed by atoms with Crippen LogP contribution in [0.3, 0.4) is 0 Å². The highest BCUT2D eigenvalue weighted by Crippen LogP contribution is 2.24. The first-order valence-electron chi connectivity index (χ1n) is 10.7. The Morgan fingerprint density at radius 2 is 1.71 bits per heavy atom. The molecule has 0 aliphatic carbocycles. The summed E-state index contributed by atoms with van der Waals surface area (Å²) in [6.07, 6.45) is 7.60. The first-order chi connectivity index (χ1) is 15.3. The summed E-state index contributed by atoms with van der Waals surface area (Å²) in [4.78, 5) is 16.1. The predicted molar refractivity (Wildman–Crippen MR) is 122 cm³/mol. The van der Waals surface area contributed by atoms with Crippen LogP contribution in [0.15, 0.2) is 61.2 Å². The van der Waals surface area contributed by atoms with Crippen LogP contribution in [0.25, 0.3) is 28.2 Å². The van der Waals surface area contributed by atoms with Gasteiger partial charge in [0.25, 0.3) is 0 Å². The van der Waals surface area contributed by atoms with Gasteiger partial charge in [-0.15, -0.1) is 0 Å². The zero-order valence-corrected chi connectivity index (χ0v) is 17.7. The fraction of sp³-hybridized carbons (Fsp3) is 0.292. The van der Waals surface area contributed by atoms with Crippen LogP contribution in [0, 0.1) is 6.92 Å². The van der Waals surface area contributed by atoms with E-state index in [0.717, 1.165) is 73.4 Å². The molecule has 0 saturated carbocycles. The lowest BCUT2D eigenvalue weighted by Crippen LogP contribution is -2.39. The Bertz CT molecular complexity index is 1150. The van der Waals surface area contributed by atoms with E-state index in [1.807, 2.05) is 30.9 Å². The van der Waals surface area contributed by atoms with E-state index in [1.54, 1.807) is 0 Å². The molecule has 0 bridgehead atoms. The summed E-state index contributed by atoms with van der Waals surface area (Å²) in [7, 11) is 0. The maximum absolute atomic E-state index is 5.39. The van der Waals surface area contributed by atoms with Crippen molar-refractivity contribution in [3.8, 4) is 22.5 Å². The number of rotatable bonds is 6. The summed E-state index contributed by atoms with van der Waals surface area (Å²) in [6, 6.07) is 12.5. The van der Waals surface area contributed by atoms with Crippen LogP contribution in [-0.2, 0) is 4.74 Å². The first-order valence-corrected chi connectivity index (χ1v) is 10.7. The Morgan fingerprint density at radius 1 is 0.903 bits per heavy atom. The van der Waals surface area contributed by atoms with Gasteiger partial charge in [0.1, 0.15) is 5.82 Å². The van der Waals surface area contributed by atoms with Crippen LogP contribution < -0.4 is 5.32 Å². The summed E-state index contributed by atoms with van der Waals surface area (Å²) in [5.41, 5.74) is 6.09. The highest BCUT2D eigenvalue weighted by Gasteiger charge is 2.10. The van der Waals surface area contributed by atoms with Gasteiger partial charge in [0.2, 0.25) is 0 Å². The summed E-state index contributed by atoms with van der Waals surface area (Å²) >= 11 is 0. The molecular weight excluding hydrogens is 388 g/mol. The van der Waals surface area contributed by atoms with E-state index in [9.17, 15) is 0 Å². The number of morpholine rings is 1. The minimum absolute atomic E-state index is 0.826.